The number of hydrogen-bond donors (Lipinski definition) is 2. The van der Waals surface area contributed by atoms with Crippen molar-refractivity contribution in [1.29, 1.82) is 0 Å². The van der Waals surface area contributed by atoms with Gasteiger partial charge in [0.05, 0.1) is 12.3 Å². The number of nitrogens with one attached hydrogen (secondary N) is 1. The first-order valence-corrected chi connectivity index (χ1v) is 8.11. The van der Waals surface area contributed by atoms with Crippen molar-refractivity contribution in [2.45, 2.75) is 50.4 Å². The number of amides is 1. The Balaban J connectivity index is 1.81. The van der Waals surface area contributed by atoms with Crippen molar-refractivity contribution in [2.24, 2.45) is 18.7 Å². The molecule has 0 aromatic carbocycles. The van der Waals surface area contributed by atoms with E-state index >= 15 is 0 Å². The zero-order valence-corrected chi connectivity index (χ0v) is 12.9. The van der Waals surface area contributed by atoms with E-state index in [0.717, 1.165) is 17.4 Å². The molecule has 1 saturated carbocycles. The van der Waals surface area contributed by atoms with Crippen LogP contribution >= 0.6 is 11.8 Å². The lowest BCUT2D eigenvalue weighted by molar-refractivity contribution is -0.119. The predicted molar refractivity (Wildman–Crippen MR) is 79.2 cm³/mol. The van der Waals surface area contributed by atoms with Crippen molar-refractivity contribution in [3.8, 4) is 0 Å². The monoisotopic (exact) mass is 297 g/mol. The Morgan fingerprint density at radius 2 is 2.20 bits per heavy atom. The maximum absolute atomic E-state index is 12.0. The largest absolute Gasteiger partial charge is 0.352 e. The number of rotatable bonds is 5. The minimum Gasteiger partial charge on any atom is -0.352 e. The molecule has 1 aromatic rings. The number of thioether (sulfide) groups is 1. The molecule has 2 rings (SSSR count). The van der Waals surface area contributed by atoms with Crippen LogP contribution in [0.2, 0.25) is 0 Å². The highest BCUT2D eigenvalue weighted by atomic mass is 32.2. The van der Waals surface area contributed by atoms with Gasteiger partial charge in [0, 0.05) is 13.1 Å². The third-order valence-corrected chi connectivity index (χ3v) is 4.92. The van der Waals surface area contributed by atoms with Gasteiger partial charge in [-0.15, -0.1) is 10.2 Å². The fourth-order valence-electron chi connectivity index (χ4n) is 2.56. The van der Waals surface area contributed by atoms with E-state index in [4.69, 9.17) is 5.73 Å². The van der Waals surface area contributed by atoms with E-state index in [2.05, 4.69) is 22.4 Å². The summed E-state index contributed by atoms with van der Waals surface area (Å²) in [5.74, 6) is 1.76. The molecule has 2 atom stereocenters. The van der Waals surface area contributed by atoms with Crippen molar-refractivity contribution in [2.75, 3.05) is 5.75 Å². The van der Waals surface area contributed by atoms with Crippen molar-refractivity contribution in [3.05, 3.63) is 5.82 Å². The first-order chi connectivity index (χ1) is 9.61. The zero-order valence-electron chi connectivity index (χ0n) is 12.1. The molecule has 0 radical (unpaired) electrons. The first kappa shape index (κ1) is 15.3. The van der Waals surface area contributed by atoms with Crippen molar-refractivity contribution < 1.29 is 4.79 Å². The molecule has 20 heavy (non-hydrogen) atoms. The number of nitrogens with two attached hydrogens (primary N) is 1. The van der Waals surface area contributed by atoms with Gasteiger partial charge in [-0.25, -0.2) is 0 Å². The van der Waals surface area contributed by atoms with Gasteiger partial charge in [0.15, 0.2) is 5.16 Å². The Morgan fingerprint density at radius 1 is 1.45 bits per heavy atom. The summed E-state index contributed by atoms with van der Waals surface area (Å²) < 4.78 is 1.83. The van der Waals surface area contributed by atoms with Crippen LogP contribution in [0.5, 0.6) is 0 Å². The van der Waals surface area contributed by atoms with E-state index in [1.54, 1.807) is 0 Å². The van der Waals surface area contributed by atoms with Gasteiger partial charge in [-0.05, 0) is 18.8 Å². The van der Waals surface area contributed by atoms with E-state index in [1.165, 1.54) is 31.0 Å². The highest BCUT2D eigenvalue weighted by Crippen LogP contribution is 2.24. The third-order valence-electron chi connectivity index (χ3n) is 3.90. The lowest BCUT2D eigenvalue weighted by Crippen LogP contribution is -2.41. The minimum atomic E-state index is 0.0750. The molecule has 2 unspecified atom stereocenters. The van der Waals surface area contributed by atoms with Crippen LogP contribution in [0.15, 0.2) is 5.16 Å². The maximum Gasteiger partial charge on any atom is 0.230 e. The molecule has 0 aliphatic heterocycles. The molecule has 1 amide bonds. The van der Waals surface area contributed by atoms with Gasteiger partial charge < -0.3 is 15.6 Å². The Labute approximate surface area is 123 Å². The second kappa shape index (κ2) is 7.08. The van der Waals surface area contributed by atoms with Crippen LogP contribution in [0.25, 0.3) is 0 Å². The van der Waals surface area contributed by atoms with Gasteiger partial charge in [0.25, 0.3) is 0 Å². The summed E-state index contributed by atoms with van der Waals surface area (Å²) in [7, 11) is 1.87. The number of carbonyl (C=O) groups excluding carboxylic acids is 1. The lowest BCUT2D eigenvalue weighted by Gasteiger charge is -2.29. The second-order valence-corrected chi connectivity index (χ2v) is 6.33. The standard InChI is InChI=1S/C13H23N5OS/c1-9-5-3-4-6-10(9)15-12(19)8-20-13-17-16-11(7-14)18(13)2/h9-10H,3-8,14H2,1-2H3,(H,15,19). The summed E-state index contributed by atoms with van der Waals surface area (Å²) in [6.45, 7) is 2.57. The summed E-state index contributed by atoms with van der Waals surface area (Å²) in [6.07, 6.45) is 4.80. The molecule has 112 valence electrons. The van der Waals surface area contributed by atoms with Gasteiger partial charge in [-0.1, -0.05) is 31.5 Å². The van der Waals surface area contributed by atoms with E-state index in [-0.39, 0.29) is 5.91 Å². The Hall–Kier alpha value is -1.08. The quantitative estimate of drug-likeness (QED) is 0.794. The van der Waals surface area contributed by atoms with E-state index < -0.39 is 0 Å². The molecular weight excluding hydrogens is 274 g/mol. The number of aromatic nitrogens is 3. The van der Waals surface area contributed by atoms with Gasteiger partial charge in [-0.2, -0.15) is 0 Å². The zero-order chi connectivity index (χ0) is 14.5. The molecule has 1 aromatic heterocycles. The van der Waals surface area contributed by atoms with E-state index in [0.29, 0.717) is 24.3 Å². The normalized spacial score (nSPS) is 22.8. The summed E-state index contributed by atoms with van der Waals surface area (Å²) in [6, 6.07) is 0.330. The van der Waals surface area contributed by atoms with Gasteiger partial charge in [0.1, 0.15) is 5.82 Å². The molecule has 0 saturated heterocycles. The molecule has 0 bridgehead atoms. The fraction of sp³-hybridized carbons (Fsp3) is 0.769. The summed E-state index contributed by atoms with van der Waals surface area (Å²) in [5, 5.41) is 11.9. The summed E-state index contributed by atoms with van der Waals surface area (Å²) in [5.41, 5.74) is 5.55. The molecule has 1 fully saturated rings. The number of carbonyl (C=O) groups is 1. The second-order valence-electron chi connectivity index (χ2n) is 5.39. The Morgan fingerprint density at radius 3 is 2.85 bits per heavy atom. The number of hydrogen-bond acceptors (Lipinski definition) is 5. The minimum absolute atomic E-state index is 0.0750. The molecular formula is C13H23N5OS. The average molecular weight is 297 g/mol. The third kappa shape index (κ3) is 3.73. The molecule has 3 N–H and O–H groups in total. The van der Waals surface area contributed by atoms with Gasteiger partial charge in [-0.3, -0.25) is 4.79 Å². The SMILES string of the molecule is CC1CCCCC1NC(=O)CSc1nnc(CN)n1C. The topological polar surface area (TPSA) is 85.8 Å². The molecule has 7 heteroatoms. The fourth-order valence-corrected chi connectivity index (χ4v) is 3.30. The molecule has 0 spiro atoms. The van der Waals surface area contributed by atoms with Crippen LogP contribution in [0.1, 0.15) is 38.4 Å². The smallest absolute Gasteiger partial charge is 0.230 e. The van der Waals surface area contributed by atoms with Crippen molar-refractivity contribution in [3.63, 3.8) is 0 Å². The average Bonchev–Trinajstić information content (AvgIpc) is 2.79. The van der Waals surface area contributed by atoms with Gasteiger partial charge >= 0.3 is 0 Å². The summed E-state index contributed by atoms with van der Waals surface area (Å²) in [4.78, 5) is 12.0. The van der Waals surface area contributed by atoms with Crippen LogP contribution in [0.4, 0.5) is 0 Å². The molecule has 1 heterocycles. The number of nitrogens with zero attached hydrogens (tertiary/aromatic N) is 3. The van der Waals surface area contributed by atoms with Gasteiger partial charge in [0.2, 0.25) is 5.91 Å². The molecule has 6 nitrogen and oxygen atoms in total. The predicted octanol–water partition coefficient (Wildman–Crippen LogP) is 1.06. The molecule has 1 aliphatic rings. The van der Waals surface area contributed by atoms with Crippen LogP contribution in [0.3, 0.4) is 0 Å². The maximum atomic E-state index is 12.0. The first-order valence-electron chi connectivity index (χ1n) is 7.12. The van der Waals surface area contributed by atoms with Crippen LogP contribution in [-0.2, 0) is 18.4 Å². The van der Waals surface area contributed by atoms with E-state index in [1.807, 2.05) is 11.6 Å². The summed E-state index contributed by atoms with van der Waals surface area (Å²) >= 11 is 1.40. The molecule has 1 aliphatic carbocycles. The van der Waals surface area contributed by atoms with Crippen LogP contribution in [0, 0.1) is 5.92 Å². The van der Waals surface area contributed by atoms with E-state index in [9.17, 15) is 4.79 Å². The highest BCUT2D eigenvalue weighted by molar-refractivity contribution is 7.99. The Bertz CT molecular complexity index is 462. The van der Waals surface area contributed by atoms with Crippen molar-refractivity contribution in [1.82, 2.24) is 20.1 Å². The van der Waals surface area contributed by atoms with Crippen molar-refractivity contribution >= 4 is 17.7 Å². The Kier molecular flexibility index (Phi) is 5.42. The van der Waals surface area contributed by atoms with Crippen LogP contribution < -0.4 is 11.1 Å². The highest BCUT2D eigenvalue weighted by Gasteiger charge is 2.22. The lowest BCUT2D eigenvalue weighted by atomic mass is 9.86. The van der Waals surface area contributed by atoms with Crippen LogP contribution in [-0.4, -0.2) is 32.5 Å².